The van der Waals surface area contributed by atoms with E-state index in [1.54, 1.807) is 0 Å². The van der Waals surface area contributed by atoms with Crippen LogP contribution in [0.25, 0.3) is 0 Å². The van der Waals surface area contributed by atoms with Gasteiger partial charge in [-0.25, -0.2) is 19.9 Å². The molecule has 3 aromatic rings. The van der Waals surface area contributed by atoms with Crippen molar-refractivity contribution < 1.29 is 0 Å². The van der Waals surface area contributed by atoms with Crippen molar-refractivity contribution in [3.05, 3.63) is 65.1 Å². The Morgan fingerprint density at radius 2 is 1.76 bits per heavy atom. The van der Waals surface area contributed by atoms with Crippen LogP contribution in [0.15, 0.2) is 36.5 Å². The highest BCUT2D eigenvalue weighted by Crippen LogP contribution is 2.31. The molecule has 7 nitrogen and oxygen atoms in total. The van der Waals surface area contributed by atoms with Crippen LogP contribution in [0.2, 0.25) is 0 Å². The summed E-state index contributed by atoms with van der Waals surface area (Å²) in [5.41, 5.74) is 3.87. The maximum absolute atomic E-state index is 4.84. The Hall–Kier alpha value is -2.93. The number of aromatic nitrogens is 5. The number of nitrogens with one attached hydrogen (secondary N) is 1. The van der Waals surface area contributed by atoms with Crippen molar-refractivity contribution in [3.8, 4) is 0 Å². The van der Waals surface area contributed by atoms with E-state index in [-0.39, 0.29) is 6.04 Å². The molecule has 29 heavy (non-hydrogen) atoms. The summed E-state index contributed by atoms with van der Waals surface area (Å²) in [6.07, 6.45) is 5.28. The first-order chi connectivity index (χ1) is 14.1. The van der Waals surface area contributed by atoms with E-state index >= 15 is 0 Å². The summed E-state index contributed by atoms with van der Waals surface area (Å²) in [5.74, 6) is 2.16. The molecular weight excluding hydrogens is 362 g/mol. The quantitative estimate of drug-likeness (QED) is 0.705. The Bertz CT molecular complexity index is 954. The number of rotatable bonds is 5. The largest absolute Gasteiger partial charge is 0.309 e. The van der Waals surface area contributed by atoms with Crippen LogP contribution in [-0.4, -0.2) is 36.4 Å². The highest BCUT2D eigenvalue weighted by atomic mass is 15.2. The van der Waals surface area contributed by atoms with Gasteiger partial charge in [-0.1, -0.05) is 12.5 Å². The lowest BCUT2D eigenvalue weighted by Crippen LogP contribution is -2.34. The van der Waals surface area contributed by atoms with Crippen molar-refractivity contribution >= 4 is 11.8 Å². The third-order valence-electron chi connectivity index (χ3n) is 5.10. The van der Waals surface area contributed by atoms with Crippen molar-refractivity contribution in [2.45, 2.75) is 52.6 Å². The second-order valence-corrected chi connectivity index (χ2v) is 7.66. The normalized spacial score (nSPS) is 17.3. The summed E-state index contributed by atoms with van der Waals surface area (Å²) in [7, 11) is 0. The first-order valence-electron chi connectivity index (χ1n) is 10.2. The topological polar surface area (TPSA) is 79.7 Å². The van der Waals surface area contributed by atoms with Gasteiger partial charge in [-0.2, -0.15) is 0 Å². The molecule has 0 radical (unpaired) electrons. The van der Waals surface area contributed by atoms with Crippen LogP contribution in [-0.2, 0) is 6.54 Å². The Kier molecular flexibility index (Phi) is 5.76. The van der Waals surface area contributed by atoms with E-state index in [1.165, 1.54) is 12.8 Å². The molecule has 4 heterocycles. The van der Waals surface area contributed by atoms with E-state index in [2.05, 4.69) is 31.2 Å². The second kappa shape index (κ2) is 8.61. The Morgan fingerprint density at radius 3 is 2.52 bits per heavy atom. The SMILES string of the molecule is Cc1cc(C)nc(Nc2cc(C)nc(C3CCCCN3Cc3ccccn3)n2)n1. The summed E-state index contributed by atoms with van der Waals surface area (Å²) >= 11 is 0. The molecule has 1 N–H and O–H groups in total. The fraction of sp³-hybridized carbons (Fsp3) is 0.409. The molecule has 1 aliphatic heterocycles. The third kappa shape index (κ3) is 4.92. The summed E-state index contributed by atoms with van der Waals surface area (Å²) in [4.78, 5) is 25.5. The highest BCUT2D eigenvalue weighted by Gasteiger charge is 2.27. The maximum atomic E-state index is 4.84. The molecule has 3 aromatic heterocycles. The van der Waals surface area contributed by atoms with Gasteiger partial charge < -0.3 is 5.32 Å². The lowest BCUT2D eigenvalue weighted by atomic mass is 10.0. The van der Waals surface area contributed by atoms with Gasteiger partial charge >= 0.3 is 0 Å². The zero-order valence-corrected chi connectivity index (χ0v) is 17.3. The molecular formula is C22H27N7. The van der Waals surface area contributed by atoms with Crippen LogP contribution in [0.4, 0.5) is 11.8 Å². The van der Waals surface area contributed by atoms with E-state index in [1.807, 2.05) is 51.2 Å². The Labute approximate surface area is 171 Å². The molecule has 1 aliphatic rings. The molecule has 1 fully saturated rings. The van der Waals surface area contributed by atoms with Gasteiger partial charge in [0.1, 0.15) is 11.6 Å². The van der Waals surface area contributed by atoms with E-state index in [4.69, 9.17) is 9.97 Å². The average molecular weight is 390 g/mol. The fourth-order valence-corrected chi connectivity index (χ4v) is 3.87. The van der Waals surface area contributed by atoms with Gasteiger partial charge in [0.25, 0.3) is 0 Å². The van der Waals surface area contributed by atoms with Crippen molar-refractivity contribution in [1.29, 1.82) is 0 Å². The van der Waals surface area contributed by atoms with E-state index in [9.17, 15) is 0 Å². The number of likely N-dealkylation sites (tertiary alicyclic amines) is 1. The smallest absolute Gasteiger partial charge is 0.228 e. The van der Waals surface area contributed by atoms with Crippen LogP contribution < -0.4 is 5.32 Å². The monoisotopic (exact) mass is 389 g/mol. The molecule has 0 amide bonds. The molecule has 0 aromatic carbocycles. The van der Waals surface area contributed by atoms with E-state index in [0.29, 0.717) is 5.95 Å². The third-order valence-corrected chi connectivity index (χ3v) is 5.10. The summed E-state index contributed by atoms with van der Waals surface area (Å²) in [6, 6.07) is 10.2. The van der Waals surface area contributed by atoms with Crippen LogP contribution in [0.5, 0.6) is 0 Å². The molecule has 1 unspecified atom stereocenters. The predicted molar refractivity (Wildman–Crippen MR) is 113 cm³/mol. The molecule has 150 valence electrons. The van der Waals surface area contributed by atoms with Gasteiger partial charge in [0.15, 0.2) is 0 Å². The number of hydrogen-bond donors (Lipinski definition) is 1. The molecule has 0 saturated carbocycles. The minimum absolute atomic E-state index is 0.186. The zero-order chi connectivity index (χ0) is 20.2. The summed E-state index contributed by atoms with van der Waals surface area (Å²) in [5, 5.41) is 3.27. The lowest BCUT2D eigenvalue weighted by Gasteiger charge is -2.34. The van der Waals surface area contributed by atoms with Gasteiger partial charge in [0.2, 0.25) is 5.95 Å². The number of aryl methyl sites for hydroxylation is 3. The maximum Gasteiger partial charge on any atom is 0.228 e. The molecule has 1 atom stereocenters. The molecule has 0 spiro atoms. The first kappa shape index (κ1) is 19.4. The number of nitrogens with zero attached hydrogens (tertiary/aromatic N) is 6. The Balaban J connectivity index is 1.59. The minimum atomic E-state index is 0.186. The lowest BCUT2D eigenvalue weighted by molar-refractivity contribution is 0.132. The van der Waals surface area contributed by atoms with Gasteiger partial charge in [0.05, 0.1) is 11.7 Å². The number of anilines is 2. The average Bonchev–Trinajstić information content (AvgIpc) is 2.68. The van der Waals surface area contributed by atoms with Gasteiger partial charge in [-0.05, 0) is 58.4 Å². The van der Waals surface area contributed by atoms with Crippen LogP contribution >= 0.6 is 0 Å². The van der Waals surface area contributed by atoms with Crippen LogP contribution in [0.3, 0.4) is 0 Å². The molecule has 7 heteroatoms. The van der Waals surface area contributed by atoms with E-state index < -0.39 is 0 Å². The highest BCUT2D eigenvalue weighted by molar-refractivity contribution is 5.48. The van der Waals surface area contributed by atoms with Crippen LogP contribution in [0.1, 0.15) is 53.9 Å². The zero-order valence-electron chi connectivity index (χ0n) is 17.3. The molecule has 0 aliphatic carbocycles. The first-order valence-corrected chi connectivity index (χ1v) is 10.2. The predicted octanol–water partition coefficient (Wildman–Crippen LogP) is 4.06. The number of hydrogen-bond acceptors (Lipinski definition) is 7. The van der Waals surface area contributed by atoms with Crippen molar-refractivity contribution in [3.63, 3.8) is 0 Å². The number of pyridine rings is 1. The van der Waals surface area contributed by atoms with Crippen molar-refractivity contribution in [1.82, 2.24) is 29.8 Å². The van der Waals surface area contributed by atoms with Gasteiger partial charge in [-0.15, -0.1) is 0 Å². The Morgan fingerprint density at radius 1 is 0.966 bits per heavy atom. The molecule has 0 bridgehead atoms. The standard InChI is InChI=1S/C22H27N7/c1-15-12-16(2)26-22(25-15)28-20-13-17(3)24-21(27-20)19-9-5-7-11-29(19)14-18-8-4-6-10-23-18/h4,6,8,10,12-13,19H,5,7,9,11,14H2,1-3H3,(H,24,25,26,27,28). The van der Waals surface area contributed by atoms with Gasteiger partial charge in [0, 0.05) is 35.9 Å². The second-order valence-electron chi connectivity index (χ2n) is 7.66. The summed E-state index contributed by atoms with van der Waals surface area (Å²) in [6.45, 7) is 7.78. The van der Waals surface area contributed by atoms with E-state index in [0.717, 1.165) is 53.9 Å². The minimum Gasteiger partial charge on any atom is -0.309 e. The summed E-state index contributed by atoms with van der Waals surface area (Å²) < 4.78 is 0. The van der Waals surface area contributed by atoms with Gasteiger partial charge in [-0.3, -0.25) is 9.88 Å². The van der Waals surface area contributed by atoms with Crippen molar-refractivity contribution in [2.24, 2.45) is 0 Å². The van der Waals surface area contributed by atoms with Crippen molar-refractivity contribution in [2.75, 3.05) is 11.9 Å². The number of piperidine rings is 1. The molecule has 1 saturated heterocycles. The van der Waals surface area contributed by atoms with Crippen LogP contribution in [0, 0.1) is 20.8 Å². The fourth-order valence-electron chi connectivity index (χ4n) is 3.87. The molecule has 4 rings (SSSR count).